The number of nitrogens with zero attached hydrogens (tertiary/aromatic N) is 2. The molecule has 1 heterocycles. The van der Waals surface area contributed by atoms with E-state index >= 15 is 0 Å². The third-order valence-corrected chi connectivity index (χ3v) is 2.90. The number of thiocarbonyl (C=S) groups is 1. The summed E-state index contributed by atoms with van der Waals surface area (Å²) in [6.45, 7) is 4.95. The van der Waals surface area contributed by atoms with Gasteiger partial charge in [-0.25, -0.2) is 4.98 Å². The van der Waals surface area contributed by atoms with Gasteiger partial charge in [-0.1, -0.05) is 17.7 Å². The predicted molar refractivity (Wildman–Crippen MR) is 71.6 cm³/mol. The van der Waals surface area contributed by atoms with Gasteiger partial charge in [0.1, 0.15) is 5.15 Å². The van der Waals surface area contributed by atoms with Crippen molar-refractivity contribution < 1.29 is 0 Å². The second kappa shape index (κ2) is 6.01. The molecule has 0 radical (unpaired) electrons. The summed E-state index contributed by atoms with van der Waals surface area (Å²) >= 11 is 11.0. The zero-order chi connectivity index (χ0) is 12.1. The minimum absolute atomic E-state index is 0.343. The Morgan fingerprint density at radius 1 is 1.56 bits per heavy atom. The summed E-state index contributed by atoms with van der Waals surface area (Å²) < 4.78 is 0. The Hall–Kier alpha value is -0.870. The monoisotopic (exact) mass is 257 g/mol. The first-order valence-electron chi connectivity index (χ1n) is 5.13. The Morgan fingerprint density at radius 2 is 2.25 bits per heavy atom. The fourth-order valence-electron chi connectivity index (χ4n) is 1.33. The summed E-state index contributed by atoms with van der Waals surface area (Å²) in [7, 11) is 1.83. The first kappa shape index (κ1) is 13.2. The summed E-state index contributed by atoms with van der Waals surface area (Å²) in [6.07, 6.45) is 1.77. The molecule has 0 aliphatic carbocycles. The van der Waals surface area contributed by atoms with Crippen LogP contribution < -0.4 is 5.32 Å². The highest BCUT2D eigenvalue weighted by molar-refractivity contribution is 7.80. The topological polar surface area (TPSA) is 28.2 Å². The highest BCUT2D eigenvalue weighted by Gasteiger charge is 2.12. The molecule has 0 aliphatic rings. The molecule has 3 nitrogen and oxygen atoms in total. The van der Waals surface area contributed by atoms with Gasteiger partial charge in [-0.05, 0) is 37.7 Å². The fourth-order valence-corrected chi connectivity index (χ4v) is 1.72. The lowest BCUT2D eigenvalue weighted by atomic mass is 10.2. The number of aromatic nitrogens is 1. The van der Waals surface area contributed by atoms with Crippen LogP contribution in [0.3, 0.4) is 0 Å². The second-order valence-corrected chi connectivity index (χ2v) is 4.54. The fraction of sp³-hybridized carbons (Fsp3) is 0.455. The van der Waals surface area contributed by atoms with E-state index in [0.717, 1.165) is 17.2 Å². The molecule has 88 valence electrons. The highest BCUT2D eigenvalue weighted by atomic mass is 35.5. The molecule has 0 amide bonds. The van der Waals surface area contributed by atoms with Gasteiger partial charge in [0.05, 0.1) is 0 Å². The minimum atomic E-state index is 0.343. The average Bonchev–Trinajstić information content (AvgIpc) is 2.27. The largest absolute Gasteiger partial charge is 0.366 e. The molecule has 0 spiro atoms. The van der Waals surface area contributed by atoms with Gasteiger partial charge in [0, 0.05) is 25.8 Å². The summed E-state index contributed by atoms with van der Waals surface area (Å²) in [4.78, 5) is 6.15. The van der Waals surface area contributed by atoms with E-state index in [0.29, 0.717) is 11.2 Å². The zero-order valence-corrected chi connectivity index (χ0v) is 11.3. The number of halogens is 1. The van der Waals surface area contributed by atoms with Crippen LogP contribution in [0.25, 0.3) is 0 Å². The lowest BCUT2D eigenvalue weighted by Gasteiger charge is -2.28. The van der Waals surface area contributed by atoms with Gasteiger partial charge in [0.15, 0.2) is 5.11 Å². The van der Waals surface area contributed by atoms with Crippen LogP contribution in [0.1, 0.15) is 19.4 Å². The Morgan fingerprint density at radius 3 is 2.69 bits per heavy atom. The molecule has 0 atom stereocenters. The number of hydrogen-bond acceptors (Lipinski definition) is 2. The lowest BCUT2D eigenvalue weighted by Crippen LogP contribution is -2.41. The van der Waals surface area contributed by atoms with Crippen LogP contribution in [0.5, 0.6) is 0 Å². The first-order valence-corrected chi connectivity index (χ1v) is 5.92. The van der Waals surface area contributed by atoms with Gasteiger partial charge in [-0.3, -0.25) is 0 Å². The standard InChI is InChI=1S/C11H16ClN3S/c1-8(2)15(11(16)13-3)7-9-4-5-10(12)14-6-9/h4-6,8H,7H2,1-3H3,(H,13,16). The molecule has 0 bridgehead atoms. The van der Waals surface area contributed by atoms with Gasteiger partial charge in [-0.15, -0.1) is 0 Å². The van der Waals surface area contributed by atoms with Gasteiger partial charge >= 0.3 is 0 Å². The molecule has 16 heavy (non-hydrogen) atoms. The van der Waals surface area contributed by atoms with Crippen molar-refractivity contribution in [2.75, 3.05) is 7.05 Å². The summed E-state index contributed by atoms with van der Waals surface area (Å²) in [5.41, 5.74) is 1.09. The molecule has 1 aromatic rings. The molecular weight excluding hydrogens is 242 g/mol. The normalized spacial score (nSPS) is 10.3. The van der Waals surface area contributed by atoms with Crippen LogP contribution >= 0.6 is 23.8 Å². The third kappa shape index (κ3) is 3.61. The maximum Gasteiger partial charge on any atom is 0.169 e. The van der Waals surface area contributed by atoms with E-state index in [1.807, 2.05) is 13.1 Å². The molecular formula is C11H16ClN3S. The Balaban J connectivity index is 2.75. The van der Waals surface area contributed by atoms with Crippen LogP contribution in [-0.2, 0) is 6.54 Å². The van der Waals surface area contributed by atoms with Crippen molar-refractivity contribution in [1.29, 1.82) is 0 Å². The number of nitrogens with one attached hydrogen (secondary N) is 1. The van der Waals surface area contributed by atoms with Gasteiger partial charge in [0.25, 0.3) is 0 Å². The van der Waals surface area contributed by atoms with Crippen molar-refractivity contribution >= 4 is 28.9 Å². The maximum absolute atomic E-state index is 5.74. The molecule has 0 unspecified atom stereocenters. The van der Waals surface area contributed by atoms with E-state index in [1.54, 1.807) is 12.3 Å². The summed E-state index contributed by atoms with van der Waals surface area (Å²) in [5, 5.41) is 4.24. The zero-order valence-electron chi connectivity index (χ0n) is 9.70. The molecule has 1 aromatic heterocycles. The van der Waals surface area contributed by atoms with Crippen LogP contribution in [0.15, 0.2) is 18.3 Å². The molecule has 1 N–H and O–H groups in total. The van der Waals surface area contributed by atoms with E-state index in [4.69, 9.17) is 23.8 Å². The Kier molecular flexibility index (Phi) is 4.96. The first-order chi connectivity index (χ1) is 7.54. The third-order valence-electron chi connectivity index (χ3n) is 2.24. The van der Waals surface area contributed by atoms with Crippen molar-refractivity contribution in [3.63, 3.8) is 0 Å². The number of hydrogen-bond donors (Lipinski definition) is 1. The van der Waals surface area contributed by atoms with Crippen molar-refractivity contribution in [2.24, 2.45) is 0 Å². The maximum atomic E-state index is 5.74. The molecule has 0 aliphatic heterocycles. The SMILES string of the molecule is CNC(=S)N(Cc1ccc(Cl)nc1)C(C)C. The predicted octanol–water partition coefficient (Wildman–Crippen LogP) is 2.45. The molecule has 1 rings (SSSR count). The van der Waals surface area contributed by atoms with Crippen LogP contribution in [0, 0.1) is 0 Å². The highest BCUT2D eigenvalue weighted by Crippen LogP contribution is 2.10. The summed E-state index contributed by atoms with van der Waals surface area (Å²) in [6, 6.07) is 4.09. The number of rotatable bonds is 3. The van der Waals surface area contributed by atoms with Crippen LogP contribution in [0.2, 0.25) is 5.15 Å². The molecule has 0 fully saturated rings. The van der Waals surface area contributed by atoms with Gasteiger partial charge < -0.3 is 10.2 Å². The molecule has 0 saturated heterocycles. The van der Waals surface area contributed by atoms with E-state index in [-0.39, 0.29) is 0 Å². The molecule has 0 saturated carbocycles. The van der Waals surface area contributed by atoms with E-state index < -0.39 is 0 Å². The van der Waals surface area contributed by atoms with Gasteiger partial charge in [0.2, 0.25) is 0 Å². The van der Waals surface area contributed by atoms with Crippen molar-refractivity contribution in [1.82, 2.24) is 15.2 Å². The smallest absolute Gasteiger partial charge is 0.169 e. The minimum Gasteiger partial charge on any atom is -0.366 e. The van der Waals surface area contributed by atoms with Crippen molar-refractivity contribution in [2.45, 2.75) is 26.4 Å². The Labute approximate surface area is 107 Å². The van der Waals surface area contributed by atoms with E-state index in [2.05, 4.69) is 29.0 Å². The number of pyridine rings is 1. The summed E-state index contributed by atoms with van der Waals surface area (Å²) in [5.74, 6) is 0. The van der Waals surface area contributed by atoms with E-state index in [9.17, 15) is 0 Å². The van der Waals surface area contributed by atoms with Crippen molar-refractivity contribution in [3.8, 4) is 0 Å². The average molecular weight is 258 g/mol. The van der Waals surface area contributed by atoms with Crippen LogP contribution in [0.4, 0.5) is 0 Å². The molecule has 5 heteroatoms. The van der Waals surface area contributed by atoms with Crippen molar-refractivity contribution in [3.05, 3.63) is 29.0 Å². The second-order valence-electron chi connectivity index (χ2n) is 3.77. The quantitative estimate of drug-likeness (QED) is 0.665. The van der Waals surface area contributed by atoms with E-state index in [1.165, 1.54) is 0 Å². The van der Waals surface area contributed by atoms with Crippen LogP contribution in [-0.4, -0.2) is 28.1 Å². The van der Waals surface area contributed by atoms with Gasteiger partial charge in [-0.2, -0.15) is 0 Å². The molecule has 0 aromatic carbocycles. The lowest BCUT2D eigenvalue weighted by molar-refractivity contribution is 0.339. The Bertz CT molecular complexity index is 351.